The van der Waals surface area contributed by atoms with E-state index in [9.17, 15) is 0 Å². The SMILES string of the molecule is Cc1cn[nH]c1CNC1CCC2CC21. The minimum absolute atomic E-state index is 0.780. The Bertz CT molecular complexity index is 331. The van der Waals surface area contributed by atoms with E-state index in [-0.39, 0.29) is 0 Å². The molecule has 2 saturated carbocycles. The number of aryl methyl sites for hydroxylation is 1. The second-order valence-corrected chi connectivity index (χ2v) is 4.76. The molecule has 1 heterocycles. The molecule has 2 aliphatic rings. The van der Waals surface area contributed by atoms with E-state index in [0.717, 1.165) is 24.4 Å². The average Bonchev–Trinajstić information content (AvgIpc) is 2.68. The van der Waals surface area contributed by atoms with Gasteiger partial charge in [-0.1, -0.05) is 0 Å². The van der Waals surface area contributed by atoms with Crippen LogP contribution in [0.1, 0.15) is 30.5 Å². The Morgan fingerprint density at radius 2 is 2.50 bits per heavy atom. The molecule has 14 heavy (non-hydrogen) atoms. The summed E-state index contributed by atoms with van der Waals surface area (Å²) in [5.74, 6) is 2.06. The summed E-state index contributed by atoms with van der Waals surface area (Å²) in [5.41, 5.74) is 2.51. The fraction of sp³-hybridized carbons (Fsp3) is 0.727. The fourth-order valence-corrected chi connectivity index (χ4v) is 2.74. The van der Waals surface area contributed by atoms with Gasteiger partial charge in [0.1, 0.15) is 0 Å². The van der Waals surface area contributed by atoms with Crippen molar-refractivity contribution in [2.24, 2.45) is 11.8 Å². The molecule has 0 aliphatic heterocycles. The minimum Gasteiger partial charge on any atom is -0.308 e. The summed E-state index contributed by atoms with van der Waals surface area (Å²) in [6, 6.07) is 0.780. The summed E-state index contributed by atoms with van der Waals surface area (Å²) in [4.78, 5) is 0. The molecule has 3 nitrogen and oxygen atoms in total. The lowest BCUT2D eigenvalue weighted by molar-refractivity contribution is 0.470. The van der Waals surface area contributed by atoms with E-state index in [2.05, 4.69) is 22.4 Å². The van der Waals surface area contributed by atoms with Crippen LogP contribution in [0.2, 0.25) is 0 Å². The van der Waals surface area contributed by atoms with Crippen LogP contribution in [0.4, 0.5) is 0 Å². The number of aromatic amines is 1. The van der Waals surface area contributed by atoms with Crippen LogP contribution in [-0.4, -0.2) is 16.2 Å². The Labute approximate surface area is 84.3 Å². The van der Waals surface area contributed by atoms with Crippen LogP contribution in [0.3, 0.4) is 0 Å². The number of nitrogens with zero attached hydrogens (tertiary/aromatic N) is 1. The zero-order chi connectivity index (χ0) is 9.54. The van der Waals surface area contributed by atoms with E-state index in [4.69, 9.17) is 0 Å². The van der Waals surface area contributed by atoms with Crippen LogP contribution in [0.15, 0.2) is 6.20 Å². The molecule has 0 aromatic carbocycles. The summed E-state index contributed by atoms with van der Waals surface area (Å²) < 4.78 is 0. The highest BCUT2D eigenvalue weighted by Gasteiger charge is 2.47. The van der Waals surface area contributed by atoms with Crippen molar-refractivity contribution in [1.29, 1.82) is 0 Å². The third kappa shape index (κ3) is 1.36. The Morgan fingerprint density at radius 1 is 1.57 bits per heavy atom. The van der Waals surface area contributed by atoms with E-state index in [1.54, 1.807) is 0 Å². The van der Waals surface area contributed by atoms with Crippen molar-refractivity contribution in [3.63, 3.8) is 0 Å². The first-order valence-corrected chi connectivity index (χ1v) is 5.57. The molecule has 2 fully saturated rings. The van der Waals surface area contributed by atoms with Crippen LogP contribution >= 0.6 is 0 Å². The van der Waals surface area contributed by atoms with E-state index in [1.807, 2.05) is 6.20 Å². The number of fused-ring (bicyclic) bond motifs is 1. The molecule has 1 aromatic rings. The van der Waals surface area contributed by atoms with Gasteiger partial charge in [-0.05, 0) is 43.6 Å². The van der Waals surface area contributed by atoms with Gasteiger partial charge >= 0.3 is 0 Å². The van der Waals surface area contributed by atoms with Gasteiger partial charge in [0.05, 0.1) is 11.9 Å². The van der Waals surface area contributed by atoms with Crippen molar-refractivity contribution in [2.75, 3.05) is 0 Å². The van der Waals surface area contributed by atoms with Crippen LogP contribution < -0.4 is 5.32 Å². The molecule has 2 N–H and O–H groups in total. The number of aromatic nitrogens is 2. The minimum atomic E-state index is 0.780. The van der Waals surface area contributed by atoms with Gasteiger partial charge in [-0.15, -0.1) is 0 Å². The molecule has 3 heteroatoms. The van der Waals surface area contributed by atoms with Gasteiger partial charge in [-0.25, -0.2) is 0 Å². The van der Waals surface area contributed by atoms with Crippen molar-refractivity contribution in [3.05, 3.63) is 17.5 Å². The second-order valence-electron chi connectivity index (χ2n) is 4.76. The Balaban J connectivity index is 1.56. The monoisotopic (exact) mass is 191 g/mol. The van der Waals surface area contributed by atoms with Gasteiger partial charge in [0.15, 0.2) is 0 Å². The molecule has 3 atom stereocenters. The van der Waals surface area contributed by atoms with Gasteiger partial charge in [0, 0.05) is 12.6 Å². The van der Waals surface area contributed by atoms with Gasteiger partial charge in [-0.2, -0.15) is 5.10 Å². The fourth-order valence-electron chi connectivity index (χ4n) is 2.74. The third-order valence-corrected chi connectivity index (χ3v) is 3.82. The summed E-state index contributed by atoms with van der Waals surface area (Å²) >= 11 is 0. The van der Waals surface area contributed by atoms with Crippen molar-refractivity contribution in [2.45, 2.75) is 38.8 Å². The number of rotatable bonds is 3. The summed E-state index contributed by atoms with van der Waals surface area (Å²) in [7, 11) is 0. The number of nitrogens with one attached hydrogen (secondary N) is 2. The van der Waals surface area contributed by atoms with Crippen LogP contribution in [-0.2, 0) is 6.54 Å². The van der Waals surface area contributed by atoms with E-state index >= 15 is 0 Å². The molecular formula is C11H17N3. The van der Waals surface area contributed by atoms with Gasteiger partial charge < -0.3 is 5.32 Å². The first-order valence-electron chi connectivity index (χ1n) is 5.57. The predicted octanol–water partition coefficient (Wildman–Crippen LogP) is 1.61. The lowest BCUT2D eigenvalue weighted by atomic mass is 10.1. The Kier molecular flexibility index (Phi) is 1.87. The average molecular weight is 191 g/mol. The highest BCUT2D eigenvalue weighted by molar-refractivity contribution is 5.14. The molecule has 3 unspecified atom stereocenters. The molecule has 1 aromatic heterocycles. The number of hydrogen-bond donors (Lipinski definition) is 2. The lowest BCUT2D eigenvalue weighted by Gasteiger charge is -2.13. The first-order chi connectivity index (χ1) is 6.84. The quantitative estimate of drug-likeness (QED) is 0.762. The second kappa shape index (κ2) is 3.09. The third-order valence-electron chi connectivity index (χ3n) is 3.82. The zero-order valence-corrected chi connectivity index (χ0v) is 8.59. The number of H-pyrrole nitrogens is 1. The topological polar surface area (TPSA) is 40.7 Å². The maximum Gasteiger partial charge on any atom is 0.0519 e. The van der Waals surface area contributed by atoms with Gasteiger partial charge in [-0.3, -0.25) is 5.10 Å². The number of hydrogen-bond acceptors (Lipinski definition) is 2. The maximum atomic E-state index is 4.03. The van der Waals surface area contributed by atoms with Crippen LogP contribution in [0, 0.1) is 18.8 Å². The van der Waals surface area contributed by atoms with Crippen molar-refractivity contribution in [3.8, 4) is 0 Å². The van der Waals surface area contributed by atoms with Crippen molar-refractivity contribution in [1.82, 2.24) is 15.5 Å². The molecule has 3 rings (SSSR count). The van der Waals surface area contributed by atoms with E-state index in [0.29, 0.717) is 0 Å². The summed E-state index contributed by atoms with van der Waals surface area (Å²) in [6.07, 6.45) is 6.19. The standard InChI is InChI=1S/C11H17N3/c1-7-5-13-14-11(7)6-12-10-3-2-8-4-9(8)10/h5,8-10,12H,2-4,6H2,1H3,(H,13,14). The maximum absolute atomic E-state index is 4.03. The Morgan fingerprint density at radius 3 is 3.07 bits per heavy atom. The largest absolute Gasteiger partial charge is 0.308 e. The highest BCUT2D eigenvalue weighted by Crippen LogP contribution is 2.51. The van der Waals surface area contributed by atoms with Crippen molar-refractivity contribution < 1.29 is 0 Å². The summed E-state index contributed by atoms with van der Waals surface area (Å²) in [6.45, 7) is 3.06. The normalized spacial score (nSPS) is 34.5. The predicted molar refractivity (Wildman–Crippen MR) is 54.8 cm³/mol. The lowest BCUT2D eigenvalue weighted by Crippen LogP contribution is -2.28. The van der Waals surface area contributed by atoms with Crippen LogP contribution in [0.5, 0.6) is 0 Å². The Hall–Kier alpha value is -0.830. The van der Waals surface area contributed by atoms with E-state index in [1.165, 1.54) is 30.5 Å². The molecule has 0 amide bonds. The first kappa shape index (κ1) is 8.48. The van der Waals surface area contributed by atoms with Gasteiger partial charge in [0.25, 0.3) is 0 Å². The van der Waals surface area contributed by atoms with Crippen LogP contribution in [0.25, 0.3) is 0 Å². The molecule has 0 spiro atoms. The molecule has 0 saturated heterocycles. The molecule has 2 aliphatic carbocycles. The zero-order valence-electron chi connectivity index (χ0n) is 8.59. The smallest absolute Gasteiger partial charge is 0.0519 e. The molecule has 0 bridgehead atoms. The highest BCUT2D eigenvalue weighted by atomic mass is 15.1. The molecular weight excluding hydrogens is 174 g/mol. The molecule has 76 valence electrons. The van der Waals surface area contributed by atoms with Gasteiger partial charge in [0.2, 0.25) is 0 Å². The molecule has 0 radical (unpaired) electrons. The van der Waals surface area contributed by atoms with Crippen molar-refractivity contribution >= 4 is 0 Å². The van der Waals surface area contributed by atoms with E-state index < -0.39 is 0 Å². The summed E-state index contributed by atoms with van der Waals surface area (Å²) in [5, 5.41) is 10.7.